The second-order valence-corrected chi connectivity index (χ2v) is 9.12. The van der Waals surface area contributed by atoms with Gasteiger partial charge in [0.25, 0.3) is 5.91 Å². The third kappa shape index (κ3) is 6.50. The summed E-state index contributed by atoms with van der Waals surface area (Å²) in [6.07, 6.45) is 0.503. The summed E-state index contributed by atoms with van der Waals surface area (Å²) in [5, 5.41) is 15.7. The first-order valence-electron chi connectivity index (χ1n) is 10.4. The van der Waals surface area contributed by atoms with Crippen molar-refractivity contribution in [3.8, 4) is 0 Å². The van der Waals surface area contributed by atoms with Gasteiger partial charge in [0.15, 0.2) is 5.16 Å². The lowest BCUT2D eigenvalue weighted by Crippen LogP contribution is -2.26. The van der Waals surface area contributed by atoms with E-state index in [1.54, 1.807) is 12.1 Å². The summed E-state index contributed by atoms with van der Waals surface area (Å²) in [6.45, 7) is 7.02. The number of hydrogen-bond donors (Lipinski definition) is 2. The first kappa shape index (κ1) is 25.1. The minimum absolute atomic E-state index is 0.102. The Labute approximate surface area is 207 Å². The number of aromatic nitrogens is 3. The normalized spacial score (nSPS) is 10.8. The maximum Gasteiger partial charge on any atom is 0.251 e. The van der Waals surface area contributed by atoms with Crippen LogP contribution in [0, 0.1) is 13.8 Å². The summed E-state index contributed by atoms with van der Waals surface area (Å²) >= 11 is 13.2. The van der Waals surface area contributed by atoms with Crippen molar-refractivity contribution in [1.29, 1.82) is 0 Å². The van der Waals surface area contributed by atoms with Crippen LogP contribution in [0.1, 0.15) is 34.2 Å². The van der Waals surface area contributed by atoms with E-state index in [0.717, 1.165) is 22.6 Å². The number of thioether (sulfide) groups is 1. The van der Waals surface area contributed by atoms with Crippen LogP contribution in [0.3, 0.4) is 0 Å². The fraction of sp³-hybridized carbons (Fsp3) is 0.304. The van der Waals surface area contributed by atoms with Crippen molar-refractivity contribution in [3.05, 3.63) is 69.0 Å². The molecule has 0 saturated carbocycles. The lowest BCUT2D eigenvalue weighted by Gasteiger charge is -2.11. The van der Waals surface area contributed by atoms with Crippen LogP contribution in [0.5, 0.6) is 0 Å². The van der Waals surface area contributed by atoms with Gasteiger partial charge < -0.3 is 15.2 Å². The van der Waals surface area contributed by atoms with E-state index >= 15 is 0 Å². The molecule has 174 valence electrons. The zero-order chi connectivity index (χ0) is 24.0. The molecule has 2 aromatic carbocycles. The van der Waals surface area contributed by atoms with Crippen molar-refractivity contribution in [1.82, 2.24) is 20.1 Å². The predicted octanol–water partition coefficient (Wildman–Crippen LogP) is 4.92. The molecule has 1 aromatic heterocycles. The van der Waals surface area contributed by atoms with Gasteiger partial charge in [0.05, 0.1) is 15.8 Å². The Morgan fingerprint density at radius 1 is 1.09 bits per heavy atom. The maximum atomic E-state index is 12.4. The molecule has 0 unspecified atom stereocenters. The van der Waals surface area contributed by atoms with E-state index in [9.17, 15) is 9.59 Å². The van der Waals surface area contributed by atoms with Gasteiger partial charge in [-0.3, -0.25) is 9.59 Å². The van der Waals surface area contributed by atoms with Crippen molar-refractivity contribution >= 4 is 52.5 Å². The van der Waals surface area contributed by atoms with Crippen molar-refractivity contribution in [2.24, 2.45) is 0 Å². The standard InChI is InChI=1S/C23H25Cl2N5O2S/c1-4-30-20(10-11-26-22(32)16-8-9-17(24)18(25)12-16)28-29-23(30)33-13-21(31)27-19-7-5-6-14(2)15(19)3/h5-9,12H,4,10-11,13H2,1-3H3,(H,26,32)(H,27,31). The van der Waals surface area contributed by atoms with Gasteiger partial charge in [0.2, 0.25) is 5.91 Å². The molecule has 2 amide bonds. The maximum absolute atomic E-state index is 12.4. The predicted molar refractivity (Wildman–Crippen MR) is 133 cm³/mol. The van der Waals surface area contributed by atoms with Crippen LogP contribution in [0.25, 0.3) is 0 Å². The minimum atomic E-state index is -0.242. The average molecular weight is 506 g/mol. The van der Waals surface area contributed by atoms with Gasteiger partial charge in [-0.1, -0.05) is 47.1 Å². The molecule has 10 heteroatoms. The Hall–Kier alpha value is -2.55. The number of carbonyl (C=O) groups excluding carboxylic acids is 2. The van der Waals surface area contributed by atoms with Crippen molar-refractivity contribution in [2.45, 2.75) is 38.9 Å². The van der Waals surface area contributed by atoms with Crippen molar-refractivity contribution in [2.75, 3.05) is 17.6 Å². The smallest absolute Gasteiger partial charge is 0.251 e. The first-order valence-corrected chi connectivity index (χ1v) is 12.2. The molecular weight excluding hydrogens is 481 g/mol. The largest absolute Gasteiger partial charge is 0.352 e. The summed E-state index contributed by atoms with van der Waals surface area (Å²) in [5.74, 6) is 0.618. The second-order valence-electron chi connectivity index (χ2n) is 7.36. The zero-order valence-corrected chi connectivity index (χ0v) is 20.9. The molecule has 0 bridgehead atoms. The Morgan fingerprint density at radius 2 is 1.88 bits per heavy atom. The van der Waals surface area contributed by atoms with Gasteiger partial charge in [-0.15, -0.1) is 10.2 Å². The Bertz CT molecular complexity index is 1170. The molecular formula is C23H25Cl2N5O2S. The highest BCUT2D eigenvalue weighted by molar-refractivity contribution is 7.99. The molecule has 3 aromatic rings. The van der Waals surface area contributed by atoms with Crippen LogP contribution in [0.15, 0.2) is 41.6 Å². The Balaban J connectivity index is 1.53. The van der Waals surface area contributed by atoms with Gasteiger partial charge in [-0.25, -0.2) is 0 Å². The number of aryl methyl sites for hydroxylation is 1. The third-order valence-corrected chi connectivity index (χ3v) is 6.84. The Morgan fingerprint density at radius 3 is 2.61 bits per heavy atom. The second kappa shape index (κ2) is 11.5. The van der Waals surface area contributed by atoms with Crippen LogP contribution in [-0.2, 0) is 17.8 Å². The fourth-order valence-corrected chi connectivity index (χ4v) is 4.28. The van der Waals surface area contributed by atoms with E-state index in [1.165, 1.54) is 17.8 Å². The summed E-state index contributed by atoms with van der Waals surface area (Å²) in [7, 11) is 0. The van der Waals surface area contributed by atoms with Crippen LogP contribution >= 0.6 is 35.0 Å². The molecule has 0 radical (unpaired) electrons. The van der Waals surface area contributed by atoms with E-state index < -0.39 is 0 Å². The molecule has 0 spiro atoms. The van der Waals surface area contributed by atoms with Crippen LogP contribution in [0.2, 0.25) is 10.0 Å². The van der Waals surface area contributed by atoms with Gasteiger partial charge in [-0.2, -0.15) is 0 Å². The number of carbonyl (C=O) groups is 2. The topological polar surface area (TPSA) is 88.9 Å². The third-order valence-electron chi connectivity index (χ3n) is 5.14. The average Bonchev–Trinajstić information content (AvgIpc) is 3.19. The van der Waals surface area contributed by atoms with E-state index in [0.29, 0.717) is 40.3 Å². The van der Waals surface area contributed by atoms with Crippen molar-refractivity contribution in [3.63, 3.8) is 0 Å². The van der Waals surface area contributed by atoms with Gasteiger partial charge in [0.1, 0.15) is 5.82 Å². The molecule has 2 N–H and O–H groups in total. The van der Waals surface area contributed by atoms with Crippen molar-refractivity contribution < 1.29 is 9.59 Å². The number of hydrogen-bond acceptors (Lipinski definition) is 5. The SMILES string of the molecule is CCn1c(CCNC(=O)c2ccc(Cl)c(Cl)c2)nnc1SCC(=O)Nc1cccc(C)c1C. The van der Waals surface area contributed by atoms with Gasteiger partial charge >= 0.3 is 0 Å². The minimum Gasteiger partial charge on any atom is -0.352 e. The number of benzene rings is 2. The Kier molecular flexibility index (Phi) is 8.77. The number of anilines is 1. The highest BCUT2D eigenvalue weighted by atomic mass is 35.5. The first-order chi connectivity index (χ1) is 15.8. The lowest BCUT2D eigenvalue weighted by atomic mass is 10.1. The van der Waals surface area contributed by atoms with E-state index in [1.807, 2.05) is 43.5 Å². The highest BCUT2D eigenvalue weighted by Gasteiger charge is 2.15. The highest BCUT2D eigenvalue weighted by Crippen LogP contribution is 2.23. The number of nitrogens with one attached hydrogen (secondary N) is 2. The molecule has 1 heterocycles. The number of nitrogens with zero attached hydrogens (tertiary/aromatic N) is 3. The van der Waals surface area contributed by atoms with Crippen LogP contribution in [-0.4, -0.2) is 38.9 Å². The van der Waals surface area contributed by atoms with Crippen LogP contribution in [0.4, 0.5) is 5.69 Å². The summed E-state index contributed by atoms with van der Waals surface area (Å²) in [4.78, 5) is 24.8. The molecule has 0 fully saturated rings. The number of rotatable bonds is 9. The molecule has 0 aliphatic rings. The monoisotopic (exact) mass is 505 g/mol. The van der Waals surface area contributed by atoms with Gasteiger partial charge in [0, 0.05) is 30.8 Å². The lowest BCUT2D eigenvalue weighted by molar-refractivity contribution is -0.113. The molecule has 0 aliphatic heterocycles. The summed E-state index contributed by atoms with van der Waals surface area (Å²) < 4.78 is 1.95. The molecule has 0 atom stereocenters. The molecule has 3 rings (SSSR count). The molecule has 33 heavy (non-hydrogen) atoms. The van der Waals surface area contributed by atoms with E-state index in [2.05, 4.69) is 20.8 Å². The quantitative estimate of drug-likeness (QED) is 0.402. The van der Waals surface area contributed by atoms with E-state index in [4.69, 9.17) is 23.2 Å². The summed E-state index contributed by atoms with van der Waals surface area (Å²) in [5.41, 5.74) is 3.43. The number of halogens is 2. The van der Waals surface area contributed by atoms with Crippen LogP contribution < -0.4 is 10.6 Å². The van der Waals surface area contributed by atoms with E-state index in [-0.39, 0.29) is 17.6 Å². The summed E-state index contributed by atoms with van der Waals surface area (Å²) in [6, 6.07) is 10.6. The van der Waals surface area contributed by atoms with Gasteiger partial charge in [-0.05, 0) is 56.2 Å². The number of amides is 2. The molecule has 7 nitrogen and oxygen atoms in total. The molecule has 0 aliphatic carbocycles. The zero-order valence-electron chi connectivity index (χ0n) is 18.6. The molecule has 0 saturated heterocycles. The fourth-order valence-electron chi connectivity index (χ4n) is 3.16.